The summed E-state index contributed by atoms with van der Waals surface area (Å²) < 4.78 is 37.8. The fourth-order valence-electron chi connectivity index (χ4n) is 3.87. The van der Waals surface area contributed by atoms with E-state index in [0.717, 1.165) is 43.6 Å². The Hall–Kier alpha value is -2.83. The van der Waals surface area contributed by atoms with Gasteiger partial charge in [-0.2, -0.15) is 0 Å². The molecule has 1 saturated heterocycles. The Balaban J connectivity index is 1.47. The van der Waals surface area contributed by atoms with Crippen molar-refractivity contribution in [1.82, 2.24) is 4.90 Å². The third-order valence-corrected chi connectivity index (χ3v) is 5.68. The van der Waals surface area contributed by atoms with E-state index in [0.29, 0.717) is 19.1 Å². The lowest BCUT2D eigenvalue weighted by molar-refractivity contribution is -0.137. The van der Waals surface area contributed by atoms with Gasteiger partial charge < -0.3 is 14.4 Å². The van der Waals surface area contributed by atoms with Gasteiger partial charge in [0.25, 0.3) is 0 Å². The first-order valence-corrected chi connectivity index (χ1v) is 11.4. The van der Waals surface area contributed by atoms with Crippen LogP contribution in [-0.4, -0.2) is 43.7 Å². The highest BCUT2D eigenvalue weighted by Crippen LogP contribution is 2.27. The number of halogens is 2. The van der Waals surface area contributed by atoms with Gasteiger partial charge in [-0.15, -0.1) is 0 Å². The quantitative estimate of drug-likeness (QED) is 0.271. The lowest BCUT2D eigenvalue weighted by Crippen LogP contribution is -2.35. The molecule has 0 aliphatic carbocycles. The van der Waals surface area contributed by atoms with Crippen molar-refractivity contribution in [3.8, 4) is 0 Å². The standard InChI is InChI=1S/C27H31F2NO3/c1-2-32-26(31)6-4-3-5-21-15-17-30(18-16-21)19-20-33-27(22-7-11-24(28)12-8-22)23-9-13-25(29)14-10-23/h3-14,21,27H,2,15-20H2,1H3. The van der Waals surface area contributed by atoms with Gasteiger partial charge in [0.2, 0.25) is 0 Å². The highest BCUT2D eigenvalue weighted by atomic mass is 19.1. The number of piperidine rings is 1. The second-order valence-corrected chi connectivity index (χ2v) is 8.03. The number of benzene rings is 2. The molecule has 1 heterocycles. The molecule has 1 fully saturated rings. The second-order valence-electron chi connectivity index (χ2n) is 8.03. The average molecular weight is 456 g/mol. The maximum Gasteiger partial charge on any atom is 0.330 e. The number of carbonyl (C=O) groups excluding carboxylic acids is 1. The van der Waals surface area contributed by atoms with Gasteiger partial charge in [-0.1, -0.05) is 42.5 Å². The lowest BCUT2D eigenvalue weighted by atomic mass is 9.96. The van der Waals surface area contributed by atoms with Gasteiger partial charge >= 0.3 is 5.97 Å². The van der Waals surface area contributed by atoms with Gasteiger partial charge in [0, 0.05) is 12.6 Å². The SMILES string of the molecule is CCOC(=O)C=CC=CC1CCN(CCOC(c2ccc(F)cc2)c2ccc(F)cc2)CC1. The number of nitrogens with zero attached hydrogens (tertiary/aromatic N) is 1. The van der Waals surface area contributed by atoms with Gasteiger partial charge in [-0.05, 0) is 74.2 Å². The van der Waals surface area contributed by atoms with E-state index in [-0.39, 0.29) is 23.7 Å². The minimum Gasteiger partial charge on any atom is -0.463 e. The molecule has 2 aromatic rings. The summed E-state index contributed by atoms with van der Waals surface area (Å²) in [5, 5.41) is 0. The molecule has 0 atom stereocenters. The molecule has 0 saturated carbocycles. The summed E-state index contributed by atoms with van der Waals surface area (Å²) in [5.74, 6) is -0.438. The van der Waals surface area contributed by atoms with Crippen LogP contribution in [0.25, 0.3) is 0 Å². The zero-order chi connectivity index (χ0) is 23.5. The number of esters is 1. The predicted molar refractivity (Wildman–Crippen MR) is 125 cm³/mol. The summed E-state index contributed by atoms with van der Waals surface area (Å²) in [6.07, 6.45) is 8.93. The number of hydrogen-bond acceptors (Lipinski definition) is 4. The predicted octanol–water partition coefficient (Wildman–Crippen LogP) is 5.46. The largest absolute Gasteiger partial charge is 0.463 e. The van der Waals surface area contributed by atoms with Crippen LogP contribution in [0.5, 0.6) is 0 Å². The number of likely N-dealkylation sites (tertiary alicyclic amines) is 1. The number of hydrogen-bond donors (Lipinski definition) is 0. The Labute approximate surface area is 194 Å². The fourth-order valence-corrected chi connectivity index (χ4v) is 3.87. The Morgan fingerprint density at radius 2 is 1.58 bits per heavy atom. The molecule has 0 amide bonds. The molecule has 1 aliphatic rings. The van der Waals surface area contributed by atoms with Crippen LogP contribution in [0.3, 0.4) is 0 Å². The Morgan fingerprint density at radius 3 is 2.12 bits per heavy atom. The van der Waals surface area contributed by atoms with Gasteiger partial charge in [-0.25, -0.2) is 13.6 Å². The third-order valence-electron chi connectivity index (χ3n) is 5.68. The minimum atomic E-state index is -0.377. The molecule has 0 unspecified atom stereocenters. The van der Waals surface area contributed by atoms with E-state index in [1.54, 1.807) is 37.3 Å². The zero-order valence-electron chi connectivity index (χ0n) is 19.0. The van der Waals surface area contributed by atoms with Gasteiger partial charge in [0.05, 0.1) is 13.2 Å². The summed E-state index contributed by atoms with van der Waals surface area (Å²) in [4.78, 5) is 13.7. The zero-order valence-corrected chi connectivity index (χ0v) is 19.0. The van der Waals surface area contributed by atoms with Crippen molar-refractivity contribution in [3.05, 3.63) is 95.6 Å². The van der Waals surface area contributed by atoms with Crippen LogP contribution < -0.4 is 0 Å². The minimum absolute atomic E-state index is 0.301. The molecule has 0 spiro atoms. The summed E-state index contributed by atoms with van der Waals surface area (Å²) >= 11 is 0. The number of carbonyl (C=O) groups is 1. The van der Waals surface area contributed by atoms with Crippen LogP contribution in [0.4, 0.5) is 8.78 Å². The molecule has 2 aromatic carbocycles. The highest BCUT2D eigenvalue weighted by Gasteiger charge is 2.19. The molecule has 4 nitrogen and oxygen atoms in total. The number of rotatable bonds is 10. The van der Waals surface area contributed by atoms with E-state index in [9.17, 15) is 13.6 Å². The van der Waals surface area contributed by atoms with E-state index < -0.39 is 0 Å². The van der Waals surface area contributed by atoms with Gasteiger partial charge in [-0.3, -0.25) is 0 Å². The molecule has 0 bridgehead atoms. The van der Waals surface area contributed by atoms with E-state index in [1.807, 2.05) is 6.08 Å². The van der Waals surface area contributed by atoms with E-state index >= 15 is 0 Å². The van der Waals surface area contributed by atoms with Crippen molar-refractivity contribution in [2.24, 2.45) is 5.92 Å². The van der Waals surface area contributed by atoms with E-state index in [2.05, 4.69) is 11.0 Å². The van der Waals surface area contributed by atoms with Crippen molar-refractivity contribution in [3.63, 3.8) is 0 Å². The van der Waals surface area contributed by atoms with Crippen molar-refractivity contribution >= 4 is 5.97 Å². The van der Waals surface area contributed by atoms with Gasteiger partial charge in [0.15, 0.2) is 0 Å². The molecule has 176 valence electrons. The second kappa shape index (κ2) is 13.0. The molecule has 0 aromatic heterocycles. The summed E-state index contributed by atoms with van der Waals surface area (Å²) in [7, 11) is 0. The molecule has 0 N–H and O–H groups in total. The summed E-state index contributed by atoms with van der Waals surface area (Å²) in [6.45, 7) is 5.41. The Morgan fingerprint density at radius 1 is 1.00 bits per heavy atom. The van der Waals surface area contributed by atoms with Crippen LogP contribution in [0.15, 0.2) is 72.8 Å². The topological polar surface area (TPSA) is 38.8 Å². The lowest BCUT2D eigenvalue weighted by Gasteiger charge is -2.31. The monoisotopic (exact) mass is 455 g/mol. The fraction of sp³-hybridized carbons (Fsp3) is 0.370. The summed E-state index contributed by atoms with van der Waals surface area (Å²) in [6, 6.07) is 12.5. The smallest absolute Gasteiger partial charge is 0.330 e. The van der Waals surface area contributed by atoms with Crippen LogP contribution in [0.1, 0.15) is 37.0 Å². The van der Waals surface area contributed by atoms with Crippen molar-refractivity contribution in [1.29, 1.82) is 0 Å². The third kappa shape index (κ3) is 8.22. The maximum absolute atomic E-state index is 13.4. The van der Waals surface area contributed by atoms with Crippen LogP contribution in [-0.2, 0) is 14.3 Å². The normalized spacial score (nSPS) is 15.6. The maximum atomic E-state index is 13.4. The van der Waals surface area contributed by atoms with Crippen molar-refractivity contribution in [2.45, 2.75) is 25.9 Å². The van der Waals surface area contributed by atoms with E-state index in [4.69, 9.17) is 9.47 Å². The average Bonchev–Trinajstić information content (AvgIpc) is 2.82. The van der Waals surface area contributed by atoms with Crippen LogP contribution >= 0.6 is 0 Å². The molecular weight excluding hydrogens is 424 g/mol. The highest BCUT2D eigenvalue weighted by molar-refractivity contribution is 5.82. The first-order valence-electron chi connectivity index (χ1n) is 11.4. The Kier molecular flexibility index (Phi) is 9.78. The molecule has 3 rings (SSSR count). The first kappa shape index (κ1) is 24.8. The molecule has 6 heteroatoms. The molecule has 1 aliphatic heterocycles. The van der Waals surface area contributed by atoms with Crippen LogP contribution in [0.2, 0.25) is 0 Å². The van der Waals surface area contributed by atoms with E-state index in [1.165, 1.54) is 30.3 Å². The molecule has 0 radical (unpaired) electrons. The van der Waals surface area contributed by atoms with Crippen molar-refractivity contribution in [2.75, 3.05) is 32.8 Å². The Bertz CT molecular complexity index is 872. The van der Waals surface area contributed by atoms with Crippen LogP contribution in [0, 0.1) is 17.6 Å². The number of allylic oxidation sites excluding steroid dienone is 3. The molecule has 33 heavy (non-hydrogen) atoms. The molecular formula is C27H31F2NO3. The van der Waals surface area contributed by atoms with Crippen molar-refractivity contribution < 1.29 is 23.0 Å². The number of ether oxygens (including phenoxy) is 2. The van der Waals surface area contributed by atoms with Gasteiger partial charge in [0.1, 0.15) is 17.7 Å². The summed E-state index contributed by atoms with van der Waals surface area (Å²) in [5.41, 5.74) is 1.67. The first-order chi connectivity index (χ1) is 16.0.